The van der Waals surface area contributed by atoms with Crippen LogP contribution in [0.15, 0.2) is 76.4 Å². The van der Waals surface area contributed by atoms with Crippen LogP contribution in [0.5, 0.6) is 17.2 Å². The zero-order valence-electron chi connectivity index (χ0n) is 22.4. The van der Waals surface area contributed by atoms with E-state index >= 15 is 0 Å². The van der Waals surface area contributed by atoms with Gasteiger partial charge in [-0.25, -0.2) is 0 Å². The van der Waals surface area contributed by atoms with Gasteiger partial charge in [-0.2, -0.15) is 0 Å². The van der Waals surface area contributed by atoms with E-state index in [0.29, 0.717) is 46.1 Å². The van der Waals surface area contributed by atoms with Crippen LogP contribution in [-0.4, -0.2) is 37.6 Å². The van der Waals surface area contributed by atoms with E-state index in [0.717, 1.165) is 11.1 Å². The lowest BCUT2D eigenvalue weighted by Crippen LogP contribution is -2.31. The first kappa shape index (κ1) is 25.9. The highest BCUT2D eigenvalue weighted by Crippen LogP contribution is 2.45. The number of methoxy groups -OCH3 is 2. The number of furan rings is 1. The highest BCUT2D eigenvalue weighted by molar-refractivity contribution is 6.21. The van der Waals surface area contributed by atoms with Crippen LogP contribution in [0.3, 0.4) is 0 Å². The summed E-state index contributed by atoms with van der Waals surface area (Å²) >= 11 is 0. The molecule has 0 spiro atoms. The predicted octanol–water partition coefficient (Wildman–Crippen LogP) is 6.25. The van der Waals surface area contributed by atoms with Gasteiger partial charge in [0.15, 0.2) is 34.4 Å². The molecule has 0 bridgehead atoms. The molecule has 1 amide bonds. The van der Waals surface area contributed by atoms with Crippen LogP contribution >= 0.6 is 0 Å². The molecule has 0 saturated carbocycles. The Hall–Kier alpha value is -4.72. The third-order valence-electron chi connectivity index (χ3n) is 6.83. The number of aryl methyl sites for hydroxylation is 2. The van der Waals surface area contributed by atoms with E-state index < -0.39 is 23.5 Å². The molecule has 1 aromatic heterocycles. The Morgan fingerprint density at radius 2 is 1.74 bits per heavy atom. The maximum atomic E-state index is 14.0. The molecule has 0 radical (unpaired) electrons. The maximum Gasteiger partial charge on any atom is 0.294 e. The number of para-hydroxylation sites is 1. The Bertz CT molecular complexity index is 1630. The monoisotopic (exact) mass is 527 g/mol. The number of rotatable bonds is 8. The Balaban J connectivity index is 1.71. The van der Waals surface area contributed by atoms with E-state index in [-0.39, 0.29) is 11.3 Å². The molecule has 1 N–H and O–H groups in total. The SMILES string of the molecule is CCOc1cc(C2C(C(=O)c3cc4cccc(OC)c4o3)=C(O)C(=O)N2c2cc(C)ccc2C)ccc1OC. The molecule has 8 nitrogen and oxygen atoms in total. The van der Waals surface area contributed by atoms with Crippen LogP contribution in [0, 0.1) is 13.8 Å². The van der Waals surface area contributed by atoms with E-state index in [4.69, 9.17) is 18.6 Å². The van der Waals surface area contributed by atoms with Gasteiger partial charge < -0.3 is 23.7 Å². The van der Waals surface area contributed by atoms with Crippen molar-refractivity contribution in [3.05, 3.63) is 94.4 Å². The summed E-state index contributed by atoms with van der Waals surface area (Å²) in [6.07, 6.45) is 0. The number of carbonyl (C=O) groups is 2. The first-order valence-electron chi connectivity index (χ1n) is 12.5. The summed E-state index contributed by atoms with van der Waals surface area (Å²) < 4.78 is 22.5. The van der Waals surface area contributed by atoms with Gasteiger partial charge in [0.2, 0.25) is 5.78 Å². The molecule has 0 aliphatic carbocycles. The standard InChI is InChI=1S/C31H29NO7/c1-6-38-24-15-19(12-13-22(24)36-4)27-26(28(33)25-16-20-8-7-9-23(37-5)30(20)39-25)29(34)31(35)32(27)21-14-17(2)10-11-18(21)3/h7-16,27,34H,6H2,1-5H3. The first-order chi connectivity index (χ1) is 18.8. The molecule has 8 heteroatoms. The number of nitrogens with zero attached hydrogens (tertiary/aromatic N) is 1. The van der Waals surface area contributed by atoms with Crippen molar-refractivity contribution in [1.29, 1.82) is 0 Å². The normalized spacial score (nSPS) is 15.3. The van der Waals surface area contributed by atoms with Crippen molar-refractivity contribution in [3.63, 3.8) is 0 Å². The minimum atomic E-state index is -0.953. The van der Waals surface area contributed by atoms with Gasteiger partial charge in [0.1, 0.15) is 0 Å². The number of benzene rings is 3. The zero-order chi connectivity index (χ0) is 27.8. The van der Waals surface area contributed by atoms with Gasteiger partial charge >= 0.3 is 0 Å². The van der Waals surface area contributed by atoms with Gasteiger partial charge in [0.25, 0.3) is 5.91 Å². The summed E-state index contributed by atoms with van der Waals surface area (Å²) in [6.45, 7) is 6.03. The zero-order valence-corrected chi connectivity index (χ0v) is 22.4. The van der Waals surface area contributed by atoms with E-state index in [1.54, 1.807) is 42.5 Å². The Morgan fingerprint density at radius 1 is 0.974 bits per heavy atom. The first-order valence-corrected chi connectivity index (χ1v) is 12.5. The lowest BCUT2D eigenvalue weighted by atomic mass is 9.94. The van der Waals surface area contributed by atoms with Crippen molar-refractivity contribution in [1.82, 2.24) is 0 Å². The van der Waals surface area contributed by atoms with Crippen molar-refractivity contribution in [2.45, 2.75) is 26.8 Å². The van der Waals surface area contributed by atoms with Crippen LogP contribution < -0.4 is 19.1 Å². The number of fused-ring (bicyclic) bond motifs is 1. The van der Waals surface area contributed by atoms with Gasteiger partial charge in [0.05, 0.1) is 32.4 Å². The van der Waals surface area contributed by atoms with E-state index in [1.807, 2.05) is 39.0 Å². The number of hydrogen-bond acceptors (Lipinski definition) is 7. The second-order valence-electron chi connectivity index (χ2n) is 9.29. The highest BCUT2D eigenvalue weighted by Gasteiger charge is 2.46. The highest BCUT2D eigenvalue weighted by atomic mass is 16.5. The number of aliphatic hydroxyl groups is 1. The molecule has 5 rings (SSSR count). The molecule has 4 aromatic rings. The Morgan fingerprint density at radius 3 is 2.46 bits per heavy atom. The number of ketones is 1. The fourth-order valence-electron chi connectivity index (χ4n) is 4.95. The molecular formula is C31H29NO7. The third-order valence-corrected chi connectivity index (χ3v) is 6.83. The quantitative estimate of drug-likeness (QED) is 0.271. The van der Waals surface area contributed by atoms with Crippen LogP contribution in [0.1, 0.15) is 40.2 Å². The van der Waals surface area contributed by atoms with Crippen LogP contribution in [0.25, 0.3) is 11.0 Å². The molecule has 1 unspecified atom stereocenters. The van der Waals surface area contributed by atoms with Crippen LogP contribution in [-0.2, 0) is 4.79 Å². The minimum absolute atomic E-state index is 0.0183. The van der Waals surface area contributed by atoms with Gasteiger partial charge in [-0.15, -0.1) is 0 Å². The van der Waals surface area contributed by atoms with Gasteiger partial charge in [-0.05, 0) is 67.8 Å². The second-order valence-corrected chi connectivity index (χ2v) is 9.29. The number of anilines is 1. The molecule has 2 heterocycles. The van der Waals surface area contributed by atoms with Gasteiger partial charge in [-0.3, -0.25) is 14.5 Å². The smallest absolute Gasteiger partial charge is 0.294 e. The summed E-state index contributed by atoms with van der Waals surface area (Å²) in [5, 5.41) is 11.9. The largest absolute Gasteiger partial charge is 0.503 e. The minimum Gasteiger partial charge on any atom is -0.503 e. The lowest BCUT2D eigenvalue weighted by molar-refractivity contribution is -0.117. The molecular weight excluding hydrogens is 498 g/mol. The summed E-state index contributed by atoms with van der Waals surface area (Å²) in [5.41, 5.74) is 3.20. The van der Waals surface area contributed by atoms with Crippen LogP contribution in [0.4, 0.5) is 5.69 Å². The fourth-order valence-corrected chi connectivity index (χ4v) is 4.95. The van der Waals surface area contributed by atoms with Crippen LogP contribution in [0.2, 0.25) is 0 Å². The van der Waals surface area contributed by atoms with Crippen molar-refractivity contribution in [2.75, 3.05) is 25.7 Å². The average molecular weight is 528 g/mol. The van der Waals surface area contributed by atoms with Gasteiger partial charge in [0, 0.05) is 11.1 Å². The molecule has 200 valence electrons. The molecule has 39 heavy (non-hydrogen) atoms. The van der Waals surface area contributed by atoms with Gasteiger partial charge in [-0.1, -0.05) is 30.3 Å². The number of aliphatic hydroxyl groups excluding tert-OH is 1. The molecule has 1 aliphatic heterocycles. The summed E-state index contributed by atoms with van der Waals surface area (Å²) in [6, 6.07) is 16.9. The number of carbonyl (C=O) groups excluding carboxylic acids is 2. The molecule has 1 aliphatic rings. The average Bonchev–Trinajstić information content (AvgIpc) is 3.49. The van der Waals surface area contributed by atoms with Crippen molar-refractivity contribution in [3.8, 4) is 17.2 Å². The maximum absolute atomic E-state index is 14.0. The Kier molecular flexibility index (Phi) is 6.78. The number of hydrogen-bond donors (Lipinski definition) is 1. The topological polar surface area (TPSA) is 98.4 Å². The summed E-state index contributed by atoms with van der Waals surface area (Å²) in [7, 11) is 3.05. The Labute approximate surface area is 226 Å². The predicted molar refractivity (Wildman–Crippen MR) is 147 cm³/mol. The molecule has 0 saturated heterocycles. The number of Topliss-reactive ketones (excluding diaryl/α,β-unsaturated/α-hetero) is 1. The molecule has 1 atom stereocenters. The van der Waals surface area contributed by atoms with Crippen molar-refractivity contribution >= 4 is 28.3 Å². The van der Waals surface area contributed by atoms with Crippen molar-refractivity contribution < 1.29 is 33.3 Å². The van der Waals surface area contributed by atoms with E-state index in [9.17, 15) is 14.7 Å². The fraction of sp³-hybridized carbons (Fsp3) is 0.226. The molecule has 3 aromatic carbocycles. The molecule has 0 fully saturated rings. The lowest BCUT2D eigenvalue weighted by Gasteiger charge is -2.29. The second kappa shape index (κ2) is 10.2. The number of amides is 1. The summed E-state index contributed by atoms with van der Waals surface area (Å²) in [5.74, 6) is -0.504. The van der Waals surface area contributed by atoms with Crippen molar-refractivity contribution in [2.24, 2.45) is 0 Å². The van der Waals surface area contributed by atoms with E-state index in [1.165, 1.54) is 19.1 Å². The number of ether oxygens (including phenoxy) is 3. The summed E-state index contributed by atoms with van der Waals surface area (Å²) in [4.78, 5) is 29.1. The third kappa shape index (κ3) is 4.37. The van der Waals surface area contributed by atoms with E-state index in [2.05, 4.69) is 0 Å².